The third-order valence-corrected chi connectivity index (χ3v) is 6.87. The third kappa shape index (κ3) is 5.93. The van der Waals surface area contributed by atoms with E-state index in [4.69, 9.17) is 4.74 Å². The summed E-state index contributed by atoms with van der Waals surface area (Å²) in [5.74, 6) is -0.320. The van der Waals surface area contributed by atoms with E-state index in [0.717, 1.165) is 17.1 Å². The molecule has 2 aromatic carbocycles. The zero-order valence-electron chi connectivity index (χ0n) is 19.3. The van der Waals surface area contributed by atoms with E-state index < -0.39 is 17.6 Å². The highest BCUT2D eigenvalue weighted by atomic mass is 32.1. The second kappa shape index (κ2) is 10.9. The van der Waals surface area contributed by atoms with E-state index in [9.17, 15) is 22.8 Å². The van der Waals surface area contributed by atoms with Crippen LogP contribution in [0.1, 0.15) is 39.8 Å². The number of aromatic nitrogens is 1. The maximum Gasteiger partial charge on any atom is 0.416 e. The second-order valence-corrected chi connectivity index (χ2v) is 9.17. The van der Waals surface area contributed by atoms with Gasteiger partial charge in [0.1, 0.15) is 12.3 Å². The van der Waals surface area contributed by atoms with Gasteiger partial charge in [0.05, 0.1) is 10.6 Å². The van der Waals surface area contributed by atoms with Crippen LogP contribution in [-0.4, -0.2) is 41.6 Å². The van der Waals surface area contributed by atoms with Crippen molar-refractivity contribution >= 4 is 29.0 Å². The van der Waals surface area contributed by atoms with Gasteiger partial charge in [0.2, 0.25) is 0 Å². The molecular weight excluding hydrogens is 491 g/mol. The minimum absolute atomic E-state index is 0.123. The van der Waals surface area contributed by atoms with Gasteiger partial charge in [-0.2, -0.15) is 13.2 Å². The fraction of sp³-hybridized carbons (Fsp3) is 0.269. The maximum absolute atomic E-state index is 13.2. The van der Waals surface area contributed by atoms with Crippen molar-refractivity contribution in [3.8, 4) is 11.1 Å². The van der Waals surface area contributed by atoms with Crippen LogP contribution < -0.4 is 5.32 Å². The summed E-state index contributed by atoms with van der Waals surface area (Å²) in [6.07, 6.45) is -1.91. The van der Waals surface area contributed by atoms with Crippen molar-refractivity contribution in [3.05, 3.63) is 82.8 Å². The number of amides is 2. The van der Waals surface area contributed by atoms with E-state index in [1.807, 2.05) is 0 Å². The first kappa shape index (κ1) is 25.4. The number of carbonyl (C=O) groups is 2. The zero-order valence-corrected chi connectivity index (χ0v) is 20.1. The normalized spacial score (nSPS) is 14.4. The van der Waals surface area contributed by atoms with Gasteiger partial charge in [-0.1, -0.05) is 43.0 Å². The SMILES string of the molecule is C=CCOC(=O)N1CCC(c2nc(C(=O)Nc3ccccc3-c3cccc(C(F)(F)F)c3)cs2)CC1. The Balaban J connectivity index is 1.43. The number of carbonyl (C=O) groups excluding carboxylic acids is 2. The average molecular weight is 516 g/mol. The minimum atomic E-state index is -4.47. The van der Waals surface area contributed by atoms with Crippen LogP contribution >= 0.6 is 11.3 Å². The molecule has 1 aliphatic rings. The number of piperidine rings is 1. The Hall–Kier alpha value is -3.66. The predicted octanol–water partition coefficient (Wildman–Crippen LogP) is 6.58. The Bertz CT molecular complexity index is 1250. The van der Waals surface area contributed by atoms with Gasteiger partial charge in [-0.05, 0) is 36.6 Å². The van der Waals surface area contributed by atoms with Gasteiger partial charge in [0.15, 0.2) is 0 Å². The number of rotatable bonds is 6. The number of benzene rings is 2. The van der Waals surface area contributed by atoms with E-state index in [1.54, 1.807) is 40.6 Å². The van der Waals surface area contributed by atoms with Gasteiger partial charge in [-0.3, -0.25) is 4.79 Å². The van der Waals surface area contributed by atoms with E-state index in [2.05, 4.69) is 16.9 Å². The molecule has 1 aromatic heterocycles. The number of anilines is 1. The van der Waals surface area contributed by atoms with E-state index in [1.165, 1.54) is 23.5 Å². The number of nitrogens with zero attached hydrogens (tertiary/aromatic N) is 2. The molecule has 0 spiro atoms. The number of hydrogen-bond acceptors (Lipinski definition) is 5. The fourth-order valence-corrected chi connectivity index (χ4v) is 4.97. The summed E-state index contributed by atoms with van der Waals surface area (Å²) in [6, 6.07) is 11.7. The molecule has 10 heteroatoms. The molecule has 36 heavy (non-hydrogen) atoms. The third-order valence-electron chi connectivity index (χ3n) is 5.86. The molecule has 6 nitrogen and oxygen atoms in total. The number of hydrogen-bond donors (Lipinski definition) is 1. The van der Waals surface area contributed by atoms with Crippen molar-refractivity contribution in [1.82, 2.24) is 9.88 Å². The van der Waals surface area contributed by atoms with Crippen LogP contribution in [-0.2, 0) is 10.9 Å². The van der Waals surface area contributed by atoms with Crippen molar-refractivity contribution < 1.29 is 27.5 Å². The summed E-state index contributed by atoms with van der Waals surface area (Å²) < 4.78 is 44.6. The molecule has 3 aromatic rings. The summed E-state index contributed by atoms with van der Waals surface area (Å²) in [6.45, 7) is 4.76. The number of nitrogens with one attached hydrogen (secondary N) is 1. The minimum Gasteiger partial charge on any atom is -0.445 e. The summed E-state index contributed by atoms with van der Waals surface area (Å²) in [4.78, 5) is 31.1. The fourth-order valence-electron chi connectivity index (χ4n) is 4.00. The first-order valence-electron chi connectivity index (χ1n) is 11.3. The molecule has 0 unspecified atom stereocenters. The van der Waals surface area contributed by atoms with Crippen LogP contribution in [0.3, 0.4) is 0 Å². The summed E-state index contributed by atoms with van der Waals surface area (Å²) in [5, 5.41) is 5.27. The van der Waals surface area contributed by atoms with Crippen molar-refractivity contribution in [1.29, 1.82) is 0 Å². The topological polar surface area (TPSA) is 71.5 Å². The van der Waals surface area contributed by atoms with Crippen LogP contribution in [0.4, 0.5) is 23.7 Å². The van der Waals surface area contributed by atoms with Crippen LogP contribution in [0.15, 0.2) is 66.6 Å². The van der Waals surface area contributed by atoms with Crippen LogP contribution in [0.5, 0.6) is 0 Å². The molecule has 1 saturated heterocycles. The lowest BCUT2D eigenvalue weighted by atomic mass is 9.98. The first-order chi connectivity index (χ1) is 17.3. The Morgan fingerprint density at radius 2 is 1.92 bits per heavy atom. The molecule has 2 amide bonds. The quantitative estimate of drug-likeness (QED) is 0.376. The number of likely N-dealkylation sites (tertiary alicyclic amines) is 1. The lowest BCUT2D eigenvalue weighted by Crippen LogP contribution is -2.38. The smallest absolute Gasteiger partial charge is 0.416 e. The van der Waals surface area contributed by atoms with Crippen molar-refractivity contribution in [2.24, 2.45) is 0 Å². The molecule has 0 saturated carbocycles. The van der Waals surface area contributed by atoms with Crippen molar-refractivity contribution in [2.75, 3.05) is 25.0 Å². The van der Waals surface area contributed by atoms with E-state index >= 15 is 0 Å². The molecule has 188 valence electrons. The average Bonchev–Trinajstić information content (AvgIpc) is 3.38. The molecule has 2 heterocycles. The summed E-state index contributed by atoms with van der Waals surface area (Å²) in [7, 11) is 0. The van der Waals surface area contributed by atoms with Gasteiger partial charge in [-0.15, -0.1) is 11.3 Å². The van der Waals surface area contributed by atoms with Gasteiger partial charge in [0, 0.05) is 35.6 Å². The highest BCUT2D eigenvalue weighted by Gasteiger charge is 2.31. The summed E-state index contributed by atoms with van der Waals surface area (Å²) >= 11 is 1.38. The van der Waals surface area contributed by atoms with Gasteiger partial charge < -0.3 is 15.0 Å². The largest absolute Gasteiger partial charge is 0.445 e. The second-order valence-electron chi connectivity index (χ2n) is 8.28. The molecule has 0 atom stereocenters. The first-order valence-corrected chi connectivity index (χ1v) is 12.2. The van der Waals surface area contributed by atoms with Gasteiger partial charge in [0.25, 0.3) is 5.91 Å². The van der Waals surface area contributed by atoms with Crippen molar-refractivity contribution in [3.63, 3.8) is 0 Å². The number of halogens is 3. The summed E-state index contributed by atoms with van der Waals surface area (Å²) in [5.41, 5.74) is 0.691. The molecule has 0 bridgehead atoms. The standard InChI is InChI=1S/C26H24F3N3O3S/c1-2-14-35-25(34)32-12-10-17(11-13-32)24-31-22(16-36-24)23(33)30-21-9-4-3-8-20(21)18-6-5-7-19(15-18)26(27,28)29/h2-9,15-17H,1,10-14H2,(H,30,33). The zero-order chi connectivity index (χ0) is 25.7. The Morgan fingerprint density at radius 3 is 2.64 bits per heavy atom. The Morgan fingerprint density at radius 1 is 1.17 bits per heavy atom. The van der Waals surface area contributed by atoms with Gasteiger partial charge in [-0.25, -0.2) is 9.78 Å². The van der Waals surface area contributed by atoms with Crippen LogP contribution in [0.25, 0.3) is 11.1 Å². The number of para-hydroxylation sites is 1. The highest BCUT2D eigenvalue weighted by molar-refractivity contribution is 7.10. The van der Waals surface area contributed by atoms with Crippen LogP contribution in [0, 0.1) is 0 Å². The predicted molar refractivity (Wildman–Crippen MR) is 132 cm³/mol. The van der Waals surface area contributed by atoms with E-state index in [-0.39, 0.29) is 24.3 Å². The number of thiazole rings is 1. The lowest BCUT2D eigenvalue weighted by molar-refractivity contribution is -0.137. The molecule has 4 rings (SSSR count). The highest BCUT2D eigenvalue weighted by Crippen LogP contribution is 2.35. The Kier molecular flexibility index (Phi) is 7.73. The molecule has 0 radical (unpaired) electrons. The molecule has 1 fully saturated rings. The monoisotopic (exact) mass is 515 g/mol. The maximum atomic E-state index is 13.2. The Labute approximate surface area is 210 Å². The van der Waals surface area contributed by atoms with Gasteiger partial charge >= 0.3 is 12.3 Å². The number of alkyl halides is 3. The molecule has 1 aliphatic heterocycles. The molecule has 1 N–H and O–H groups in total. The van der Waals surface area contributed by atoms with E-state index in [0.29, 0.717) is 42.7 Å². The van der Waals surface area contributed by atoms with Crippen molar-refractivity contribution in [2.45, 2.75) is 24.9 Å². The van der Waals surface area contributed by atoms with Crippen LogP contribution in [0.2, 0.25) is 0 Å². The number of ether oxygens (including phenoxy) is 1. The lowest BCUT2D eigenvalue weighted by Gasteiger charge is -2.30. The molecule has 0 aliphatic carbocycles. The molecular formula is C26H24F3N3O3S.